The van der Waals surface area contributed by atoms with E-state index < -0.39 is 0 Å². The van der Waals surface area contributed by atoms with Crippen LogP contribution in [0.5, 0.6) is 5.75 Å². The van der Waals surface area contributed by atoms with Crippen molar-refractivity contribution in [1.82, 2.24) is 5.16 Å². The first-order valence-electron chi connectivity index (χ1n) is 6.68. The summed E-state index contributed by atoms with van der Waals surface area (Å²) in [6.07, 6.45) is 0.542. The van der Waals surface area contributed by atoms with Crippen LogP contribution in [0.1, 0.15) is 23.9 Å². The number of hydrogen-bond donors (Lipinski definition) is 1. The maximum atomic E-state index is 13.3. The van der Waals surface area contributed by atoms with Crippen LogP contribution < -0.4 is 10.5 Å². The molecule has 1 unspecified atom stereocenters. The van der Waals surface area contributed by atoms with Crippen LogP contribution in [0.25, 0.3) is 0 Å². The predicted octanol–water partition coefficient (Wildman–Crippen LogP) is 2.43. The molecule has 2 aromatic rings. The van der Waals surface area contributed by atoms with Crippen LogP contribution >= 0.6 is 0 Å². The normalized spacial score (nSPS) is 12.4. The molecule has 21 heavy (non-hydrogen) atoms. The number of hydrogen-bond acceptors (Lipinski definition) is 5. The molecule has 0 aliphatic rings. The molecule has 0 fully saturated rings. The van der Waals surface area contributed by atoms with Gasteiger partial charge in [0.1, 0.15) is 30.5 Å². The highest BCUT2D eigenvalue weighted by atomic mass is 19.1. The molecule has 0 aliphatic heterocycles. The summed E-state index contributed by atoms with van der Waals surface area (Å²) in [5.41, 5.74) is 7.16. The van der Waals surface area contributed by atoms with Crippen LogP contribution in [-0.2, 0) is 24.4 Å². The van der Waals surface area contributed by atoms with Gasteiger partial charge in [0, 0.05) is 19.2 Å². The highest BCUT2D eigenvalue weighted by molar-refractivity contribution is 5.34. The molecule has 0 saturated heterocycles. The van der Waals surface area contributed by atoms with E-state index >= 15 is 0 Å². The average molecular weight is 294 g/mol. The Labute approximate surface area is 122 Å². The van der Waals surface area contributed by atoms with Crippen LogP contribution in [0, 0.1) is 5.82 Å². The first-order chi connectivity index (χ1) is 10.1. The van der Waals surface area contributed by atoms with Crippen molar-refractivity contribution >= 4 is 0 Å². The fourth-order valence-electron chi connectivity index (χ4n) is 1.98. The summed E-state index contributed by atoms with van der Waals surface area (Å²) >= 11 is 0. The largest absolute Gasteiger partial charge is 0.487 e. The van der Waals surface area contributed by atoms with E-state index in [1.165, 1.54) is 12.1 Å². The fraction of sp³-hybridized carbons (Fsp3) is 0.400. The van der Waals surface area contributed by atoms with Gasteiger partial charge >= 0.3 is 0 Å². The molecule has 2 N–H and O–H groups in total. The van der Waals surface area contributed by atoms with Gasteiger partial charge in [-0.15, -0.1) is 0 Å². The van der Waals surface area contributed by atoms with E-state index in [-0.39, 0.29) is 18.5 Å². The summed E-state index contributed by atoms with van der Waals surface area (Å²) in [6, 6.07) is 6.09. The van der Waals surface area contributed by atoms with Gasteiger partial charge in [-0.3, -0.25) is 0 Å². The summed E-state index contributed by atoms with van der Waals surface area (Å²) in [5.74, 6) is 0.929. The Morgan fingerprint density at radius 1 is 1.33 bits per heavy atom. The molecule has 114 valence electrons. The number of aromatic nitrogens is 1. The van der Waals surface area contributed by atoms with E-state index in [9.17, 15) is 4.39 Å². The zero-order valence-electron chi connectivity index (χ0n) is 12.1. The molecule has 2 rings (SSSR count). The second-order valence-corrected chi connectivity index (χ2v) is 4.94. The van der Waals surface area contributed by atoms with Crippen LogP contribution in [0.15, 0.2) is 28.8 Å². The number of halogens is 1. The van der Waals surface area contributed by atoms with Crippen molar-refractivity contribution in [3.8, 4) is 5.75 Å². The standard InChI is InChI=1S/C15H19FN2O3/c1-10(17)5-11-6-12(16)3-4-15(11)20-8-13-7-14(9-19-2)21-18-13/h3-4,6-7,10H,5,8-9,17H2,1-2H3. The minimum Gasteiger partial charge on any atom is -0.487 e. The third kappa shape index (κ3) is 4.54. The number of nitrogens with zero attached hydrogens (tertiary/aromatic N) is 1. The number of benzene rings is 1. The van der Waals surface area contributed by atoms with Gasteiger partial charge < -0.3 is 19.7 Å². The lowest BCUT2D eigenvalue weighted by atomic mass is 10.1. The molecular formula is C15H19FN2O3. The second kappa shape index (κ2) is 7.19. The first-order valence-corrected chi connectivity index (χ1v) is 6.68. The molecule has 1 heterocycles. The van der Waals surface area contributed by atoms with Crippen molar-refractivity contribution in [2.24, 2.45) is 5.73 Å². The molecule has 0 saturated carbocycles. The summed E-state index contributed by atoms with van der Waals surface area (Å²) in [4.78, 5) is 0. The summed E-state index contributed by atoms with van der Waals surface area (Å²) in [5, 5.41) is 3.88. The van der Waals surface area contributed by atoms with Crippen molar-refractivity contribution < 1.29 is 18.4 Å². The predicted molar refractivity (Wildman–Crippen MR) is 75.3 cm³/mol. The molecular weight excluding hydrogens is 275 g/mol. The third-order valence-electron chi connectivity index (χ3n) is 2.83. The lowest BCUT2D eigenvalue weighted by molar-refractivity contribution is 0.155. The molecule has 1 aromatic heterocycles. The topological polar surface area (TPSA) is 70.5 Å². The highest BCUT2D eigenvalue weighted by Gasteiger charge is 2.10. The number of rotatable bonds is 7. The monoisotopic (exact) mass is 294 g/mol. The zero-order chi connectivity index (χ0) is 15.2. The van der Waals surface area contributed by atoms with E-state index in [0.29, 0.717) is 30.2 Å². The van der Waals surface area contributed by atoms with Crippen LogP contribution in [-0.4, -0.2) is 18.3 Å². The summed E-state index contributed by atoms with van der Waals surface area (Å²) in [7, 11) is 1.58. The maximum absolute atomic E-state index is 13.3. The number of methoxy groups -OCH3 is 1. The Kier molecular flexibility index (Phi) is 5.30. The van der Waals surface area contributed by atoms with E-state index in [0.717, 1.165) is 5.56 Å². The Hall–Kier alpha value is -1.92. The van der Waals surface area contributed by atoms with Gasteiger partial charge in [-0.2, -0.15) is 0 Å². The number of ether oxygens (including phenoxy) is 2. The third-order valence-corrected chi connectivity index (χ3v) is 2.83. The molecule has 1 aromatic carbocycles. The highest BCUT2D eigenvalue weighted by Crippen LogP contribution is 2.22. The van der Waals surface area contributed by atoms with Crippen molar-refractivity contribution in [2.45, 2.75) is 32.6 Å². The lowest BCUT2D eigenvalue weighted by Gasteiger charge is -2.12. The van der Waals surface area contributed by atoms with E-state index in [1.807, 2.05) is 6.92 Å². The quantitative estimate of drug-likeness (QED) is 0.849. The zero-order valence-corrected chi connectivity index (χ0v) is 12.1. The van der Waals surface area contributed by atoms with E-state index in [4.69, 9.17) is 19.7 Å². The van der Waals surface area contributed by atoms with Gasteiger partial charge in [0.2, 0.25) is 0 Å². The van der Waals surface area contributed by atoms with Crippen molar-refractivity contribution in [3.05, 3.63) is 47.1 Å². The smallest absolute Gasteiger partial charge is 0.162 e. The van der Waals surface area contributed by atoms with Crippen molar-refractivity contribution in [1.29, 1.82) is 0 Å². The first kappa shape index (κ1) is 15.5. The van der Waals surface area contributed by atoms with Gasteiger partial charge in [0.05, 0.1) is 0 Å². The Balaban J connectivity index is 2.04. The van der Waals surface area contributed by atoms with Crippen LogP contribution in [0.4, 0.5) is 4.39 Å². The SMILES string of the molecule is COCc1cc(COc2ccc(F)cc2CC(C)N)no1. The summed E-state index contributed by atoms with van der Waals surface area (Å²) < 4.78 is 29.0. The van der Waals surface area contributed by atoms with Gasteiger partial charge in [-0.1, -0.05) is 5.16 Å². The molecule has 5 nitrogen and oxygen atoms in total. The molecule has 1 atom stereocenters. The molecule has 0 bridgehead atoms. The minimum atomic E-state index is -0.304. The van der Waals surface area contributed by atoms with Crippen molar-refractivity contribution in [3.63, 3.8) is 0 Å². The van der Waals surface area contributed by atoms with Crippen molar-refractivity contribution in [2.75, 3.05) is 7.11 Å². The van der Waals surface area contributed by atoms with E-state index in [1.54, 1.807) is 19.2 Å². The number of nitrogens with two attached hydrogens (primary N) is 1. The van der Waals surface area contributed by atoms with Gasteiger partial charge in [0.25, 0.3) is 0 Å². The van der Waals surface area contributed by atoms with Crippen LogP contribution in [0.2, 0.25) is 0 Å². The Morgan fingerprint density at radius 2 is 2.14 bits per heavy atom. The fourth-order valence-corrected chi connectivity index (χ4v) is 1.98. The molecule has 0 aliphatic carbocycles. The lowest BCUT2D eigenvalue weighted by Crippen LogP contribution is -2.18. The maximum Gasteiger partial charge on any atom is 0.162 e. The van der Waals surface area contributed by atoms with Gasteiger partial charge in [-0.25, -0.2) is 4.39 Å². The molecule has 0 radical (unpaired) electrons. The molecule has 0 spiro atoms. The average Bonchev–Trinajstić information content (AvgIpc) is 2.85. The molecule has 6 heteroatoms. The minimum absolute atomic E-state index is 0.0745. The molecule has 0 amide bonds. The second-order valence-electron chi connectivity index (χ2n) is 4.94. The summed E-state index contributed by atoms with van der Waals surface area (Å²) in [6.45, 7) is 2.47. The van der Waals surface area contributed by atoms with Crippen LogP contribution in [0.3, 0.4) is 0 Å². The van der Waals surface area contributed by atoms with Gasteiger partial charge in [0.15, 0.2) is 5.76 Å². The van der Waals surface area contributed by atoms with Gasteiger partial charge in [-0.05, 0) is 37.1 Å². The van der Waals surface area contributed by atoms with E-state index in [2.05, 4.69) is 5.16 Å². The Bertz CT molecular complexity index is 584. The Morgan fingerprint density at radius 3 is 2.86 bits per heavy atom.